The highest BCUT2D eigenvalue weighted by atomic mass is 16.5. The van der Waals surface area contributed by atoms with E-state index in [0.717, 1.165) is 16.7 Å². The maximum Gasteiger partial charge on any atom is 0.300 e. The first-order valence-electron chi connectivity index (χ1n) is 11.5. The van der Waals surface area contributed by atoms with Crippen LogP contribution in [0, 0.1) is 13.8 Å². The van der Waals surface area contributed by atoms with Crippen LogP contribution in [-0.4, -0.2) is 29.0 Å². The lowest BCUT2D eigenvalue weighted by atomic mass is 9.93. The first kappa shape index (κ1) is 24.1. The number of hydrogen-bond donors (Lipinski definition) is 2. The predicted octanol–water partition coefficient (Wildman–Crippen LogP) is 5.77. The van der Waals surface area contributed by atoms with Crippen molar-refractivity contribution < 1.29 is 24.5 Å². The van der Waals surface area contributed by atoms with Crippen LogP contribution in [0.5, 0.6) is 11.5 Å². The molecule has 0 radical (unpaired) electrons. The average molecular weight is 472 g/mol. The van der Waals surface area contributed by atoms with Crippen LogP contribution in [0.25, 0.3) is 5.76 Å². The Morgan fingerprint density at radius 1 is 0.971 bits per heavy atom. The highest BCUT2D eigenvalue weighted by molar-refractivity contribution is 6.51. The number of rotatable bonds is 5. The first-order valence-corrected chi connectivity index (χ1v) is 11.5. The van der Waals surface area contributed by atoms with Gasteiger partial charge < -0.3 is 14.9 Å². The topological polar surface area (TPSA) is 87.1 Å². The SMILES string of the molecule is COc1ccc(/C(O)=C2/C(=O)C(=O)N(c3ccc(C)c(C)c3)C2c2cccc(O)c2)cc1C(C)C. The first-order chi connectivity index (χ1) is 16.6. The largest absolute Gasteiger partial charge is 0.508 e. The van der Waals surface area contributed by atoms with E-state index in [1.54, 1.807) is 43.5 Å². The van der Waals surface area contributed by atoms with Gasteiger partial charge in [-0.05, 0) is 84.5 Å². The summed E-state index contributed by atoms with van der Waals surface area (Å²) in [5.74, 6) is -1.00. The van der Waals surface area contributed by atoms with Gasteiger partial charge in [-0.15, -0.1) is 0 Å². The van der Waals surface area contributed by atoms with Crippen LogP contribution in [-0.2, 0) is 9.59 Å². The number of ketones is 1. The predicted molar refractivity (Wildman–Crippen MR) is 136 cm³/mol. The standard InChI is InChI=1S/C29H29NO5/c1-16(2)23-15-20(10-12-24(23)35-5)27(32)25-26(19-7-6-8-22(31)14-19)30(29(34)28(25)33)21-11-9-17(3)18(4)13-21/h6-16,26,31-32H,1-5H3/b27-25-. The van der Waals surface area contributed by atoms with E-state index in [2.05, 4.69) is 0 Å². The number of nitrogens with zero attached hydrogens (tertiary/aromatic N) is 1. The molecule has 6 heteroatoms. The van der Waals surface area contributed by atoms with Gasteiger partial charge in [-0.3, -0.25) is 14.5 Å². The van der Waals surface area contributed by atoms with Gasteiger partial charge in [-0.25, -0.2) is 0 Å². The van der Waals surface area contributed by atoms with Crippen molar-refractivity contribution in [2.24, 2.45) is 0 Å². The van der Waals surface area contributed by atoms with Crippen LogP contribution in [0.1, 0.15) is 53.6 Å². The Morgan fingerprint density at radius 3 is 2.34 bits per heavy atom. The van der Waals surface area contributed by atoms with E-state index in [4.69, 9.17) is 4.74 Å². The van der Waals surface area contributed by atoms with E-state index in [1.807, 2.05) is 39.8 Å². The van der Waals surface area contributed by atoms with Crippen molar-refractivity contribution in [3.05, 3.63) is 94.1 Å². The third-order valence-electron chi connectivity index (χ3n) is 6.52. The van der Waals surface area contributed by atoms with E-state index in [0.29, 0.717) is 22.6 Å². The number of ether oxygens (including phenoxy) is 1. The van der Waals surface area contributed by atoms with E-state index >= 15 is 0 Å². The maximum absolute atomic E-state index is 13.4. The number of amides is 1. The third-order valence-corrected chi connectivity index (χ3v) is 6.52. The quantitative estimate of drug-likeness (QED) is 0.280. The molecule has 1 unspecified atom stereocenters. The van der Waals surface area contributed by atoms with Crippen LogP contribution in [0.3, 0.4) is 0 Å². The number of methoxy groups -OCH3 is 1. The van der Waals surface area contributed by atoms with Crippen molar-refractivity contribution in [3.8, 4) is 11.5 Å². The van der Waals surface area contributed by atoms with E-state index in [1.165, 1.54) is 17.0 Å². The molecule has 1 atom stereocenters. The zero-order chi connectivity index (χ0) is 25.4. The van der Waals surface area contributed by atoms with Gasteiger partial charge in [0.2, 0.25) is 0 Å². The Balaban J connectivity index is 1.96. The lowest BCUT2D eigenvalue weighted by Crippen LogP contribution is -2.29. The number of benzene rings is 3. The number of aliphatic hydroxyl groups excluding tert-OH is 1. The summed E-state index contributed by atoms with van der Waals surface area (Å²) in [6.45, 7) is 7.92. The molecule has 0 saturated carbocycles. The summed E-state index contributed by atoms with van der Waals surface area (Å²) in [7, 11) is 1.58. The lowest BCUT2D eigenvalue weighted by molar-refractivity contribution is -0.132. The molecule has 180 valence electrons. The molecule has 2 N–H and O–H groups in total. The number of phenols is 1. The smallest absolute Gasteiger partial charge is 0.300 e. The molecule has 35 heavy (non-hydrogen) atoms. The minimum atomic E-state index is -0.909. The van der Waals surface area contributed by atoms with Crippen LogP contribution in [0.4, 0.5) is 5.69 Å². The number of hydrogen-bond acceptors (Lipinski definition) is 5. The molecule has 3 aromatic carbocycles. The highest BCUT2D eigenvalue weighted by Gasteiger charge is 2.47. The molecule has 4 rings (SSSR count). The summed E-state index contributed by atoms with van der Waals surface area (Å²) in [6.07, 6.45) is 0. The van der Waals surface area contributed by atoms with Crippen molar-refractivity contribution >= 4 is 23.1 Å². The van der Waals surface area contributed by atoms with Gasteiger partial charge in [0.1, 0.15) is 17.3 Å². The Kier molecular flexibility index (Phi) is 6.39. The summed E-state index contributed by atoms with van der Waals surface area (Å²) in [4.78, 5) is 28.1. The number of carbonyl (C=O) groups excluding carboxylic acids is 2. The van der Waals surface area contributed by atoms with Gasteiger partial charge in [0.15, 0.2) is 0 Å². The van der Waals surface area contributed by atoms with Gasteiger partial charge in [0, 0.05) is 11.3 Å². The fraction of sp³-hybridized carbons (Fsp3) is 0.241. The number of aliphatic hydroxyl groups is 1. The van der Waals surface area contributed by atoms with E-state index < -0.39 is 17.7 Å². The molecule has 3 aromatic rings. The Morgan fingerprint density at radius 2 is 1.71 bits per heavy atom. The molecule has 0 aliphatic carbocycles. The molecule has 1 amide bonds. The van der Waals surface area contributed by atoms with Crippen LogP contribution in [0.15, 0.2) is 66.2 Å². The molecule has 1 heterocycles. The molecule has 0 bridgehead atoms. The molecular formula is C29H29NO5. The Bertz CT molecular complexity index is 1350. The zero-order valence-corrected chi connectivity index (χ0v) is 20.5. The lowest BCUT2D eigenvalue weighted by Gasteiger charge is -2.26. The van der Waals surface area contributed by atoms with Crippen molar-refractivity contribution in [2.75, 3.05) is 12.0 Å². The molecule has 1 aliphatic rings. The number of Topliss-reactive ketones (excluding diaryl/α,β-unsaturated/α-hetero) is 1. The molecule has 1 aliphatic heterocycles. The number of aromatic hydroxyl groups is 1. The van der Waals surface area contributed by atoms with E-state index in [-0.39, 0.29) is 23.0 Å². The monoisotopic (exact) mass is 471 g/mol. The Hall–Kier alpha value is -4.06. The molecule has 0 spiro atoms. The minimum absolute atomic E-state index is 0.000263. The molecule has 0 aromatic heterocycles. The summed E-state index contributed by atoms with van der Waals surface area (Å²) in [5.41, 5.74) is 4.33. The van der Waals surface area contributed by atoms with E-state index in [9.17, 15) is 19.8 Å². The van der Waals surface area contributed by atoms with Gasteiger partial charge in [0.25, 0.3) is 11.7 Å². The van der Waals surface area contributed by atoms with Crippen LogP contribution < -0.4 is 9.64 Å². The van der Waals surface area contributed by atoms with Gasteiger partial charge in [0.05, 0.1) is 18.7 Å². The normalized spacial score (nSPS) is 17.3. The van der Waals surface area contributed by atoms with Crippen molar-refractivity contribution in [2.45, 2.75) is 39.7 Å². The second kappa shape index (κ2) is 9.29. The molecule has 1 fully saturated rings. The average Bonchev–Trinajstić information content (AvgIpc) is 3.10. The van der Waals surface area contributed by atoms with Gasteiger partial charge in [-0.1, -0.05) is 32.0 Å². The fourth-order valence-corrected chi connectivity index (χ4v) is 4.47. The summed E-state index contributed by atoms with van der Waals surface area (Å²) in [6, 6.07) is 16.2. The Labute approximate surface area is 205 Å². The fourth-order valence-electron chi connectivity index (χ4n) is 4.47. The van der Waals surface area contributed by atoms with Gasteiger partial charge >= 0.3 is 0 Å². The van der Waals surface area contributed by atoms with Crippen molar-refractivity contribution in [1.29, 1.82) is 0 Å². The number of aryl methyl sites for hydroxylation is 2. The number of phenolic OH excluding ortho intramolecular Hbond substituents is 1. The van der Waals surface area contributed by atoms with Crippen molar-refractivity contribution in [3.63, 3.8) is 0 Å². The maximum atomic E-state index is 13.4. The zero-order valence-electron chi connectivity index (χ0n) is 20.5. The molecule has 1 saturated heterocycles. The van der Waals surface area contributed by atoms with Crippen molar-refractivity contribution in [1.82, 2.24) is 0 Å². The molecular weight excluding hydrogens is 442 g/mol. The number of anilines is 1. The van der Waals surface area contributed by atoms with Crippen LogP contribution >= 0.6 is 0 Å². The third kappa shape index (κ3) is 4.28. The molecule has 6 nitrogen and oxygen atoms in total. The number of carbonyl (C=O) groups is 2. The van der Waals surface area contributed by atoms with Gasteiger partial charge in [-0.2, -0.15) is 0 Å². The second-order valence-electron chi connectivity index (χ2n) is 9.14. The van der Waals surface area contributed by atoms with Crippen LogP contribution in [0.2, 0.25) is 0 Å². The summed E-state index contributed by atoms with van der Waals surface area (Å²) >= 11 is 0. The summed E-state index contributed by atoms with van der Waals surface area (Å²) in [5, 5.41) is 21.6. The minimum Gasteiger partial charge on any atom is -0.508 e. The second-order valence-corrected chi connectivity index (χ2v) is 9.14. The summed E-state index contributed by atoms with van der Waals surface area (Å²) < 4.78 is 5.45. The highest BCUT2D eigenvalue weighted by Crippen LogP contribution is 2.43.